The second-order valence-corrected chi connectivity index (χ2v) is 2.54. The van der Waals surface area contributed by atoms with Crippen molar-refractivity contribution < 1.29 is 0 Å². The first kappa shape index (κ1) is 9.61. The Morgan fingerprint density at radius 2 is 1.85 bits per heavy atom. The number of nitrogens with zero attached hydrogens (tertiary/aromatic N) is 1. The van der Waals surface area contributed by atoms with Gasteiger partial charge in [-0.05, 0) is 0 Å². The predicted molar refractivity (Wildman–Crippen MR) is 55.7 cm³/mol. The van der Waals surface area contributed by atoms with Gasteiger partial charge < -0.3 is 10.7 Å². The second-order valence-electron chi connectivity index (χ2n) is 2.54. The van der Waals surface area contributed by atoms with Crippen molar-refractivity contribution in [3.8, 4) is 11.3 Å². The molecule has 0 atom stereocenters. The third-order valence-electron chi connectivity index (χ3n) is 1.67. The molecule has 1 heterocycles. The number of anilines is 1. The zero-order valence-electron chi connectivity index (χ0n) is 6.90. The molecule has 2 rings (SSSR count). The Morgan fingerprint density at radius 1 is 1.15 bits per heavy atom. The van der Waals surface area contributed by atoms with Gasteiger partial charge in [0.2, 0.25) is 0 Å². The summed E-state index contributed by atoms with van der Waals surface area (Å²) in [5, 5.41) is 0. The molecule has 0 fully saturated rings. The topological polar surface area (TPSA) is 54.7 Å². The highest BCUT2D eigenvalue weighted by Crippen LogP contribution is 2.16. The number of benzene rings is 1. The molecule has 3 nitrogen and oxygen atoms in total. The molecular weight excluding hydrogens is 186 g/mol. The lowest BCUT2D eigenvalue weighted by atomic mass is 10.2. The molecule has 0 radical (unpaired) electrons. The molecule has 3 N–H and O–H groups in total. The first-order chi connectivity index (χ1) is 5.86. The summed E-state index contributed by atoms with van der Waals surface area (Å²) in [6.07, 6.45) is 1.80. The Kier molecular flexibility index (Phi) is 2.93. The highest BCUT2D eigenvalue weighted by atomic mass is 35.5. The fourth-order valence-electron chi connectivity index (χ4n) is 1.09. The molecule has 0 aliphatic rings. The van der Waals surface area contributed by atoms with Gasteiger partial charge in [0.25, 0.3) is 0 Å². The lowest BCUT2D eigenvalue weighted by Crippen LogP contribution is -1.85. The van der Waals surface area contributed by atoms with Crippen LogP contribution in [0.2, 0.25) is 0 Å². The van der Waals surface area contributed by atoms with E-state index in [4.69, 9.17) is 5.73 Å². The van der Waals surface area contributed by atoms with E-state index in [0.29, 0.717) is 5.95 Å². The molecule has 0 aliphatic carbocycles. The van der Waals surface area contributed by atoms with Gasteiger partial charge in [-0.1, -0.05) is 30.3 Å². The molecule has 0 unspecified atom stereocenters. The fraction of sp³-hybridized carbons (Fsp3) is 0. The van der Waals surface area contributed by atoms with Crippen molar-refractivity contribution in [3.05, 3.63) is 36.5 Å². The molecule has 13 heavy (non-hydrogen) atoms. The van der Waals surface area contributed by atoms with Crippen LogP contribution in [0.15, 0.2) is 36.5 Å². The molecule has 0 bridgehead atoms. The molecular formula is C9H10ClN3. The monoisotopic (exact) mass is 195 g/mol. The number of halogens is 1. The number of aromatic amines is 1. The molecule has 1 aromatic carbocycles. The minimum Gasteiger partial charge on any atom is -0.369 e. The summed E-state index contributed by atoms with van der Waals surface area (Å²) in [6, 6.07) is 9.91. The molecule has 2 aromatic rings. The largest absolute Gasteiger partial charge is 0.369 e. The van der Waals surface area contributed by atoms with Gasteiger partial charge in [-0.2, -0.15) is 0 Å². The van der Waals surface area contributed by atoms with Crippen LogP contribution in [0.4, 0.5) is 5.95 Å². The Hall–Kier alpha value is -1.48. The summed E-state index contributed by atoms with van der Waals surface area (Å²) in [5.74, 6) is 0.453. The van der Waals surface area contributed by atoms with Crippen molar-refractivity contribution in [3.63, 3.8) is 0 Å². The average molecular weight is 196 g/mol. The van der Waals surface area contributed by atoms with E-state index in [1.165, 1.54) is 0 Å². The summed E-state index contributed by atoms with van der Waals surface area (Å²) in [5.41, 5.74) is 7.41. The predicted octanol–water partition coefficient (Wildman–Crippen LogP) is 2.08. The number of nitrogen functional groups attached to an aromatic ring is 1. The van der Waals surface area contributed by atoms with Crippen LogP contribution in [0.3, 0.4) is 0 Å². The van der Waals surface area contributed by atoms with Crippen LogP contribution >= 0.6 is 12.4 Å². The van der Waals surface area contributed by atoms with Crippen molar-refractivity contribution in [2.45, 2.75) is 0 Å². The minimum atomic E-state index is 0. The number of hydrogen-bond donors (Lipinski definition) is 2. The van der Waals surface area contributed by atoms with E-state index < -0.39 is 0 Å². The normalized spacial score (nSPS) is 9.23. The van der Waals surface area contributed by atoms with E-state index in [1.54, 1.807) is 6.20 Å². The number of nitrogens with two attached hydrogens (primary N) is 1. The van der Waals surface area contributed by atoms with Gasteiger partial charge in [-0.3, -0.25) is 0 Å². The maximum absolute atomic E-state index is 5.45. The summed E-state index contributed by atoms with van der Waals surface area (Å²) in [6.45, 7) is 0. The number of nitrogens with one attached hydrogen (secondary N) is 1. The van der Waals surface area contributed by atoms with Gasteiger partial charge in [0.1, 0.15) is 0 Å². The molecule has 0 spiro atoms. The fourth-order valence-corrected chi connectivity index (χ4v) is 1.09. The van der Waals surface area contributed by atoms with Crippen molar-refractivity contribution in [2.75, 3.05) is 5.73 Å². The van der Waals surface area contributed by atoms with Crippen molar-refractivity contribution >= 4 is 18.4 Å². The third-order valence-corrected chi connectivity index (χ3v) is 1.67. The van der Waals surface area contributed by atoms with Gasteiger partial charge in [0.05, 0.1) is 5.69 Å². The van der Waals surface area contributed by atoms with E-state index in [1.807, 2.05) is 30.3 Å². The van der Waals surface area contributed by atoms with E-state index in [-0.39, 0.29) is 12.4 Å². The molecule has 0 saturated heterocycles. The minimum absolute atomic E-state index is 0. The molecule has 1 aromatic heterocycles. The van der Waals surface area contributed by atoms with E-state index >= 15 is 0 Å². The van der Waals surface area contributed by atoms with Gasteiger partial charge >= 0.3 is 0 Å². The highest BCUT2D eigenvalue weighted by Gasteiger charge is 1.98. The molecule has 0 aliphatic heterocycles. The lowest BCUT2D eigenvalue weighted by Gasteiger charge is -1.92. The number of rotatable bonds is 1. The third kappa shape index (κ3) is 2.00. The quantitative estimate of drug-likeness (QED) is 0.732. The first-order valence-electron chi connectivity index (χ1n) is 3.72. The Bertz CT molecular complexity index is 369. The van der Waals surface area contributed by atoms with Crippen molar-refractivity contribution in [1.82, 2.24) is 9.97 Å². The molecule has 0 amide bonds. The van der Waals surface area contributed by atoms with Gasteiger partial charge in [0, 0.05) is 11.8 Å². The molecule has 4 heteroatoms. The maximum atomic E-state index is 5.45. The standard InChI is InChI=1S/C9H9N3.ClH/c10-9-11-6-8(12-9)7-4-2-1-3-5-7;/h1-6H,(H3,10,11,12);1H. The van der Waals surface area contributed by atoms with E-state index in [2.05, 4.69) is 9.97 Å². The smallest absolute Gasteiger partial charge is 0.198 e. The Balaban J connectivity index is 0.000000845. The molecule has 68 valence electrons. The van der Waals surface area contributed by atoms with E-state index in [0.717, 1.165) is 11.3 Å². The Labute approximate surface area is 82.4 Å². The number of H-pyrrole nitrogens is 1. The number of imidazole rings is 1. The summed E-state index contributed by atoms with van der Waals surface area (Å²) < 4.78 is 0. The zero-order chi connectivity index (χ0) is 8.39. The van der Waals surface area contributed by atoms with Gasteiger partial charge in [-0.15, -0.1) is 12.4 Å². The van der Waals surface area contributed by atoms with Gasteiger partial charge in [0.15, 0.2) is 5.95 Å². The number of aromatic nitrogens is 2. The van der Waals surface area contributed by atoms with Crippen LogP contribution in [0.5, 0.6) is 0 Å². The van der Waals surface area contributed by atoms with Crippen LogP contribution < -0.4 is 5.73 Å². The maximum Gasteiger partial charge on any atom is 0.198 e. The van der Waals surface area contributed by atoms with Crippen molar-refractivity contribution in [2.24, 2.45) is 0 Å². The summed E-state index contributed by atoms with van der Waals surface area (Å²) in [4.78, 5) is 6.94. The molecule has 0 saturated carbocycles. The SMILES string of the molecule is Cl.Nc1nc(-c2ccccc2)c[nH]1. The summed E-state index contributed by atoms with van der Waals surface area (Å²) in [7, 11) is 0. The van der Waals surface area contributed by atoms with Gasteiger partial charge in [-0.25, -0.2) is 4.98 Å². The van der Waals surface area contributed by atoms with Crippen LogP contribution in [0.25, 0.3) is 11.3 Å². The first-order valence-corrected chi connectivity index (χ1v) is 3.72. The van der Waals surface area contributed by atoms with Crippen LogP contribution in [0.1, 0.15) is 0 Å². The lowest BCUT2D eigenvalue weighted by molar-refractivity contribution is 1.33. The Morgan fingerprint density at radius 3 is 2.38 bits per heavy atom. The average Bonchev–Trinajstić information content (AvgIpc) is 2.54. The van der Waals surface area contributed by atoms with E-state index in [9.17, 15) is 0 Å². The van der Waals surface area contributed by atoms with Crippen LogP contribution in [-0.4, -0.2) is 9.97 Å². The van der Waals surface area contributed by atoms with Crippen LogP contribution in [0, 0.1) is 0 Å². The summed E-state index contributed by atoms with van der Waals surface area (Å²) >= 11 is 0. The highest BCUT2D eigenvalue weighted by molar-refractivity contribution is 5.85. The number of hydrogen-bond acceptors (Lipinski definition) is 2. The van der Waals surface area contributed by atoms with Crippen molar-refractivity contribution in [1.29, 1.82) is 0 Å². The van der Waals surface area contributed by atoms with Crippen LogP contribution in [-0.2, 0) is 0 Å². The zero-order valence-corrected chi connectivity index (χ0v) is 7.71. The second kappa shape index (κ2) is 3.96.